The van der Waals surface area contributed by atoms with Crippen LogP contribution in [0.5, 0.6) is 5.75 Å². The summed E-state index contributed by atoms with van der Waals surface area (Å²) >= 11 is 17.1. The van der Waals surface area contributed by atoms with Gasteiger partial charge in [-0.3, -0.25) is 10.1 Å². The summed E-state index contributed by atoms with van der Waals surface area (Å²) < 4.78 is 5.56. The SMILES string of the molecule is Cc1cc(C)cc(NC(=S)NC(=O)C(C)Oc2ccc(Cl)cc2Cl)c1. The van der Waals surface area contributed by atoms with Gasteiger partial charge in [-0.2, -0.15) is 0 Å². The van der Waals surface area contributed by atoms with Crippen molar-refractivity contribution in [2.75, 3.05) is 5.32 Å². The number of rotatable bonds is 4. The van der Waals surface area contributed by atoms with E-state index in [0.717, 1.165) is 16.8 Å². The van der Waals surface area contributed by atoms with E-state index in [4.69, 9.17) is 40.2 Å². The number of hydrogen-bond donors (Lipinski definition) is 2. The van der Waals surface area contributed by atoms with Gasteiger partial charge in [0.1, 0.15) is 5.75 Å². The van der Waals surface area contributed by atoms with Crippen molar-refractivity contribution in [1.29, 1.82) is 0 Å². The maximum Gasteiger partial charge on any atom is 0.266 e. The van der Waals surface area contributed by atoms with Crippen LogP contribution >= 0.6 is 35.4 Å². The average Bonchev–Trinajstić information content (AvgIpc) is 2.48. The Kier molecular flexibility index (Phi) is 6.64. The van der Waals surface area contributed by atoms with Gasteiger partial charge < -0.3 is 10.1 Å². The fourth-order valence-electron chi connectivity index (χ4n) is 2.24. The van der Waals surface area contributed by atoms with Gasteiger partial charge in [0.25, 0.3) is 5.91 Å². The number of nitrogens with one attached hydrogen (secondary N) is 2. The first-order valence-electron chi connectivity index (χ1n) is 7.56. The molecule has 2 N–H and O–H groups in total. The van der Waals surface area contributed by atoms with Gasteiger partial charge in [-0.15, -0.1) is 0 Å². The third-order valence-corrected chi connectivity index (χ3v) is 4.02. The molecule has 0 spiro atoms. The Labute approximate surface area is 162 Å². The molecule has 25 heavy (non-hydrogen) atoms. The first-order chi connectivity index (χ1) is 11.7. The Morgan fingerprint density at radius 1 is 1.12 bits per heavy atom. The second kappa shape index (κ2) is 8.52. The summed E-state index contributed by atoms with van der Waals surface area (Å²) in [5.74, 6) is -0.00482. The molecule has 0 heterocycles. The van der Waals surface area contributed by atoms with Crippen LogP contribution in [0, 0.1) is 13.8 Å². The summed E-state index contributed by atoms with van der Waals surface area (Å²) in [5.41, 5.74) is 3.02. The third-order valence-electron chi connectivity index (χ3n) is 3.28. The molecule has 1 amide bonds. The topological polar surface area (TPSA) is 50.4 Å². The van der Waals surface area contributed by atoms with Crippen molar-refractivity contribution in [3.8, 4) is 5.75 Å². The number of carbonyl (C=O) groups excluding carboxylic acids is 1. The summed E-state index contributed by atoms with van der Waals surface area (Å²) in [6.45, 7) is 5.59. The summed E-state index contributed by atoms with van der Waals surface area (Å²) in [7, 11) is 0. The number of halogens is 2. The quantitative estimate of drug-likeness (QED) is 0.722. The number of amides is 1. The highest BCUT2D eigenvalue weighted by atomic mass is 35.5. The molecule has 0 fully saturated rings. The van der Waals surface area contributed by atoms with Crippen LogP contribution in [0.15, 0.2) is 36.4 Å². The Morgan fingerprint density at radius 3 is 2.36 bits per heavy atom. The highest BCUT2D eigenvalue weighted by Gasteiger charge is 2.17. The van der Waals surface area contributed by atoms with Crippen molar-refractivity contribution in [2.45, 2.75) is 26.9 Å². The lowest BCUT2D eigenvalue weighted by Gasteiger charge is -2.17. The number of aryl methyl sites for hydroxylation is 2. The van der Waals surface area contributed by atoms with Crippen molar-refractivity contribution in [3.05, 3.63) is 57.6 Å². The summed E-state index contributed by atoms with van der Waals surface area (Å²) in [4.78, 5) is 12.2. The van der Waals surface area contributed by atoms with E-state index in [-0.39, 0.29) is 11.0 Å². The first-order valence-corrected chi connectivity index (χ1v) is 8.73. The van der Waals surface area contributed by atoms with Crippen LogP contribution < -0.4 is 15.4 Å². The molecule has 0 radical (unpaired) electrons. The highest BCUT2D eigenvalue weighted by Crippen LogP contribution is 2.28. The molecule has 1 unspecified atom stereocenters. The van der Waals surface area contributed by atoms with E-state index >= 15 is 0 Å². The van der Waals surface area contributed by atoms with Gasteiger partial charge >= 0.3 is 0 Å². The first kappa shape index (κ1) is 19.5. The smallest absolute Gasteiger partial charge is 0.266 e. The molecule has 2 aromatic rings. The number of anilines is 1. The lowest BCUT2D eigenvalue weighted by molar-refractivity contribution is -0.125. The molecule has 0 bridgehead atoms. The van der Waals surface area contributed by atoms with Crippen molar-refractivity contribution >= 4 is 52.1 Å². The molecule has 0 aliphatic heterocycles. The Morgan fingerprint density at radius 2 is 1.76 bits per heavy atom. The van der Waals surface area contributed by atoms with Crippen molar-refractivity contribution in [1.82, 2.24) is 5.32 Å². The average molecular weight is 397 g/mol. The minimum atomic E-state index is -0.780. The maximum absolute atomic E-state index is 12.2. The number of hydrogen-bond acceptors (Lipinski definition) is 3. The van der Waals surface area contributed by atoms with Gasteiger partial charge in [-0.1, -0.05) is 29.3 Å². The van der Waals surface area contributed by atoms with Crippen LogP contribution in [0.3, 0.4) is 0 Å². The largest absolute Gasteiger partial charge is 0.479 e. The molecule has 0 saturated carbocycles. The molecule has 7 heteroatoms. The second-order valence-electron chi connectivity index (χ2n) is 5.65. The van der Waals surface area contributed by atoms with Gasteiger partial charge in [0.15, 0.2) is 11.2 Å². The molecule has 132 valence electrons. The van der Waals surface area contributed by atoms with E-state index in [0.29, 0.717) is 15.8 Å². The Bertz CT molecular complexity index is 791. The lowest BCUT2D eigenvalue weighted by Crippen LogP contribution is -2.42. The molecule has 2 aromatic carbocycles. The zero-order chi connectivity index (χ0) is 18.6. The van der Waals surface area contributed by atoms with E-state index in [1.165, 1.54) is 0 Å². The van der Waals surface area contributed by atoms with Crippen LogP contribution in [0.4, 0.5) is 5.69 Å². The van der Waals surface area contributed by atoms with Gasteiger partial charge in [-0.05, 0) is 74.4 Å². The molecular weight excluding hydrogens is 379 g/mol. The van der Waals surface area contributed by atoms with E-state index in [2.05, 4.69) is 16.7 Å². The molecule has 4 nitrogen and oxygen atoms in total. The lowest BCUT2D eigenvalue weighted by atomic mass is 10.1. The van der Waals surface area contributed by atoms with Crippen LogP contribution in [-0.4, -0.2) is 17.1 Å². The predicted octanol–water partition coefficient (Wildman–Crippen LogP) is 4.89. The molecule has 0 aromatic heterocycles. The summed E-state index contributed by atoms with van der Waals surface area (Å²) in [6.07, 6.45) is -0.780. The van der Waals surface area contributed by atoms with Gasteiger partial charge in [0, 0.05) is 10.7 Å². The van der Waals surface area contributed by atoms with Gasteiger partial charge in [-0.25, -0.2) is 0 Å². The van der Waals surface area contributed by atoms with E-state index in [9.17, 15) is 4.79 Å². The van der Waals surface area contributed by atoms with Crippen molar-refractivity contribution < 1.29 is 9.53 Å². The molecular formula is C18H18Cl2N2O2S. The Balaban J connectivity index is 1.94. The van der Waals surface area contributed by atoms with Crippen LogP contribution in [0.2, 0.25) is 10.0 Å². The molecule has 0 aliphatic rings. The minimum Gasteiger partial charge on any atom is -0.479 e. The zero-order valence-electron chi connectivity index (χ0n) is 14.0. The standard InChI is InChI=1S/C18H18Cl2N2O2S/c1-10-6-11(2)8-14(7-10)21-18(25)22-17(23)12(3)24-16-5-4-13(19)9-15(16)20/h4-9,12H,1-3H3,(H2,21,22,23,25). The fraction of sp³-hybridized carbons (Fsp3) is 0.222. The molecule has 0 aliphatic carbocycles. The third kappa shape index (κ3) is 5.88. The number of ether oxygens (including phenoxy) is 1. The Hall–Kier alpha value is -1.82. The number of thiocarbonyl (C=S) groups is 1. The predicted molar refractivity (Wildman–Crippen MR) is 107 cm³/mol. The summed E-state index contributed by atoms with van der Waals surface area (Å²) in [5, 5.41) is 6.63. The second-order valence-corrected chi connectivity index (χ2v) is 6.91. The minimum absolute atomic E-state index is 0.202. The molecule has 1 atom stereocenters. The normalized spacial score (nSPS) is 11.6. The molecule has 0 saturated heterocycles. The van der Waals surface area contributed by atoms with Gasteiger partial charge in [0.2, 0.25) is 0 Å². The molecule has 2 rings (SSSR count). The van der Waals surface area contributed by atoms with Gasteiger partial charge in [0.05, 0.1) is 5.02 Å². The highest BCUT2D eigenvalue weighted by molar-refractivity contribution is 7.80. The maximum atomic E-state index is 12.2. The monoisotopic (exact) mass is 396 g/mol. The fourth-order valence-corrected chi connectivity index (χ4v) is 2.91. The van der Waals surface area contributed by atoms with E-state index < -0.39 is 6.10 Å². The van der Waals surface area contributed by atoms with E-state index in [1.54, 1.807) is 25.1 Å². The van der Waals surface area contributed by atoms with E-state index in [1.807, 2.05) is 26.0 Å². The van der Waals surface area contributed by atoms with Crippen molar-refractivity contribution in [3.63, 3.8) is 0 Å². The van der Waals surface area contributed by atoms with Crippen molar-refractivity contribution in [2.24, 2.45) is 0 Å². The van der Waals surface area contributed by atoms with Crippen LogP contribution in [-0.2, 0) is 4.79 Å². The number of carbonyl (C=O) groups is 1. The van der Waals surface area contributed by atoms with Crippen LogP contribution in [0.25, 0.3) is 0 Å². The number of benzene rings is 2. The van der Waals surface area contributed by atoms with Crippen LogP contribution in [0.1, 0.15) is 18.1 Å². The summed E-state index contributed by atoms with van der Waals surface area (Å²) in [6, 6.07) is 10.7. The zero-order valence-corrected chi connectivity index (χ0v) is 16.4.